The fourth-order valence-corrected chi connectivity index (χ4v) is 3.58. The molecule has 0 saturated carbocycles. The first kappa shape index (κ1) is 18.1. The van der Waals surface area contributed by atoms with Crippen LogP contribution in [0.15, 0.2) is 40.5 Å². The van der Waals surface area contributed by atoms with Crippen molar-refractivity contribution in [3.8, 4) is 0 Å². The van der Waals surface area contributed by atoms with Crippen LogP contribution >= 0.6 is 23.2 Å². The molecule has 1 heterocycles. The Labute approximate surface area is 141 Å². The number of ether oxygens (including phenoxy) is 1. The standard InChI is InChI=1S/C13H12Cl2F2N2O3S/c1-13(16,17)22-7-6-19-8-18-12(11(19)15)23(20,21)10-4-2-9(14)3-5-10/h2-5,8H,6-7H2,1H3. The van der Waals surface area contributed by atoms with E-state index in [1.165, 1.54) is 28.8 Å². The van der Waals surface area contributed by atoms with Gasteiger partial charge < -0.3 is 9.30 Å². The second kappa shape index (κ2) is 6.72. The highest BCUT2D eigenvalue weighted by atomic mass is 35.5. The van der Waals surface area contributed by atoms with Gasteiger partial charge in [-0.25, -0.2) is 13.4 Å². The summed E-state index contributed by atoms with van der Waals surface area (Å²) in [4.78, 5) is 3.75. The zero-order valence-electron chi connectivity index (χ0n) is 11.8. The van der Waals surface area contributed by atoms with Gasteiger partial charge >= 0.3 is 6.11 Å². The zero-order valence-corrected chi connectivity index (χ0v) is 14.2. The van der Waals surface area contributed by atoms with E-state index in [0.717, 1.165) is 6.33 Å². The van der Waals surface area contributed by atoms with Gasteiger partial charge in [0.2, 0.25) is 9.84 Å². The molecule has 0 unspecified atom stereocenters. The van der Waals surface area contributed by atoms with E-state index < -0.39 is 15.9 Å². The molecule has 0 atom stereocenters. The SMILES string of the molecule is CC(F)(F)OCCn1cnc(S(=O)(=O)c2ccc(Cl)cc2)c1Cl. The number of alkyl halides is 2. The maximum Gasteiger partial charge on any atom is 0.352 e. The third kappa shape index (κ3) is 4.41. The molecule has 1 aromatic heterocycles. The van der Waals surface area contributed by atoms with E-state index in [1.807, 2.05) is 0 Å². The minimum atomic E-state index is -3.93. The van der Waals surface area contributed by atoms with Crippen LogP contribution in [0.5, 0.6) is 0 Å². The summed E-state index contributed by atoms with van der Waals surface area (Å²) >= 11 is 11.7. The van der Waals surface area contributed by atoms with Crippen LogP contribution in [-0.2, 0) is 21.1 Å². The predicted octanol–water partition coefficient (Wildman–Crippen LogP) is 3.65. The number of rotatable bonds is 6. The van der Waals surface area contributed by atoms with Crippen molar-refractivity contribution in [3.63, 3.8) is 0 Å². The van der Waals surface area contributed by atoms with Crippen molar-refractivity contribution in [3.05, 3.63) is 40.8 Å². The Bertz CT molecular complexity index is 787. The van der Waals surface area contributed by atoms with Crippen molar-refractivity contribution in [1.29, 1.82) is 0 Å². The molecule has 5 nitrogen and oxygen atoms in total. The summed E-state index contributed by atoms with van der Waals surface area (Å²) in [6.07, 6.45) is -2.12. The van der Waals surface area contributed by atoms with Crippen molar-refractivity contribution in [2.75, 3.05) is 6.61 Å². The molecule has 126 valence electrons. The van der Waals surface area contributed by atoms with E-state index in [4.69, 9.17) is 23.2 Å². The van der Waals surface area contributed by atoms with Gasteiger partial charge in [0.25, 0.3) is 0 Å². The normalized spacial score (nSPS) is 12.6. The summed E-state index contributed by atoms with van der Waals surface area (Å²) < 4.78 is 55.6. The second-order valence-corrected chi connectivity index (χ2v) is 7.31. The van der Waals surface area contributed by atoms with Crippen molar-refractivity contribution in [2.24, 2.45) is 0 Å². The van der Waals surface area contributed by atoms with E-state index in [1.54, 1.807) is 0 Å². The highest BCUT2D eigenvalue weighted by Crippen LogP contribution is 2.27. The maximum absolute atomic E-state index is 12.6. The molecule has 0 radical (unpaired) electrons. The first-order chi connectivity index (χ1) is 10.6. The Morgan fingerprint density at radius 2 is 1.87 bits per heavy atom. The first-order valence-corrected chi connectivity index (χ1v) is 8.58. The van der Waals surface area contributed by atoms with E-state index >= 15 is 0 Å². The lowest BCUT2D eigenvalue weighted by Crippen LogP contribution is -2.18. The molecular weight excluding hydrogens is 373 g/mol. The number of sulfone groups is 1. The molecule has 0 aliphatic carbocycles. The molecular formula is C13H12Cl2F2N2O3S. The van der Waals surface area contributed by atoms with Gasteiger partial charge in [0.05, 0.1) is 17.8 Å². The monoisotopic (exact) mass is 384 g/mol. The lowest BCUT2D eigenvalue weighted by molar-refractivity contribution is -0.225. The lowest BCUT2D eigenvalue weighted by atomic mass is 10.4. The summed E-state index contributed by atoms with van der Waals surface area (Å²) in [5.74, 6) is 0. The summed E-state index contributed by atoms with van der Waals surface area (Å²) in [7, 11) is -3.93. The van der Waals surface area contributed by atoms with Crippen LogP contribution in [0.1, 0.15) is 6.92 Å². The highest BCUT2D eigenvalue weighted by molar-refractivity contribution is 7.91. The van der Waals surface area contributed by atoms with Crippen molar-refractivity contribution < 1.29 is 21.9 Å². The Balaban J connectivity index is 2.22. The van der Waals surface area contributed by atoms with Crippen molar-refractivity contribution in [1.82, 2.24) is 9.55 Å². The van der Waals surface area contributed by atoms with Crippen LogP contribution in [0.4, 0.5) is 8.78 Å². The quantitative estimate of drug-likeness (QED) is 0.762. The number of nitrogens with zero attached hydrogens (tertiary/aromatic N) is 2. The third-order valence-corrected chi connectivity index (χ3v) is 5.27. The van der Waals surface area contributed by atoms with Crippen LogP contribution < -0.4 is 0 Å². The van der Waals surface area contributed by atoms with Gasteiger partial charge in [-0.3, -0.25) is 0 Å². The van der Waals surface area contributed by atoms with E-state index in [9.17, 15) is 17.2 Å². The fraction of sp³-hybridized carbons (Fsp3) is 0.308. The Morgan fingerprint density at radius 3 is 2.43 bits per heavy atom. The van der Waals surface area contributed by atoms with Gasteiger partial charge in [-0.15, -0.1) is 0 Å². The van der Waals surface area contributed by atoms with Gasteiger partial charge in [-0.05, 0) is 24.3 Å². The summed E-state index contributed by atoms with van der Waals surface area (Å²) in [6, 6.07) is 5.51. The van der Waals surface area contributed by atoms with Crippen LogP contribution in [-0.4, -0.2) is 30.7 Å². The Hall–Kier alpha value is -1.22. The zero-order chi connectivity index (χ0) is 17.3. The summed E-state index contributed by atoms with van der Waals surface area (Å²) in [5, 5.41) is -0.147. The topological polar surface area (TPSA) is 61.2 Å². The van der Waals surface area contributed by atoms with Crippen molar-refractivity contribution in [2.45, 2.75) is 29.5 Å². The molecule has 1 aromatic carbocycles. The molecule has 0 aliphatic heterocycles. The van der Waals surface area contributed by atoms with Gasteiger partial charge in [-0.2, -0.15) is 8.78 Å². The largest absolute Gasteiger partial charge is 0.352 e. The van der Waals surface area contributed by atoms with Gasteiger partial charge in [-0.1, -0.05) is 23.2 Å². The van der Waals surface area contributed by atoms with Gasteiger partial charge in [0.15, 0.2) is 5.03 Å². The molecule has 0 amide bonds. The molecule has 0 fully saturated rings. The van der Waals surface area contributed by atoms with E-state index in [0.29, 0.717) is 11.9 Å². The number of halogens is 4. The third-order valence-electron chi connectivity index (χ3n) is 2.81. The highest BCUT2D eigenvalue weighted by Gasteiger charge is 2.26. The average Bonchev–Trinajstić information content (AvgIpc) is 2.80. The van der Waals surface area contributed by atoms with Gasteiger partial charge in [0.1, 0.15) is 5.15 Å². The number of imidazole rings is 1. The maximum atomic E-state index is 12.6. The van der Waals surface area contributed by atoms with Crippen LogP contribution in [0.2, 0.25) is 10.2 Å². The smallest absolute Gasteiger partial charge is 0.319 e. The second-order valence-electron chi connectivity index (χ2n) is 4.65. The Kier molecular flexibility index (Phi) is 5.30. The van der Waals surface area contributed by atoms with Crippen LogP contribution in [0.25, 0.3) is 0 Å². The molecule has 23 heavy (non-hydrogen) atoms. The number of hydrogen-bond donors (Lipinski definition) is 0. The predicted molar refractivity (Wildman–Crippen MR) is 80.7 cm³/mol. The minimum Gasteiger partial charge on any atom is -0.319 e. The molecule has 2 aromatic rings. The molecule has 0 N–H and O–H groups in total. The first-order valence-electron chi connectivity index (χ1n) is 6.34. The minimum absolute atomic E-state index is 0.0228. The molecule has 2 rings (SSSR count). The molecule has 0 bridgehead atoms. The summed E-state index contributed by atoms with van der Waals surface area (Å²) in [5.41, 5.74) is 0. The molecule has 0 aliphatic rings. The van der Waals surface area contributed by atoms with E-state index in [2.05, 4.69) is 9.72 Å². The number of benzene rings is 1. The number of aromatic nitrogens is 2. The molecule has 10 heteroatoms. The van der Waals surface area contributed by atoms with Crippen LogP contribution in [0, 0.1) is 0 Å². The number of hydrogen-bond acceptors (Lipinski definition) is 4. The molecule has 0 saturated heterocycles. The van der Waals surface area contributed by atoms with Crippen LogP contribution in [0.3, 0.4) is 0 Å². The Morgan fingerprint density at radius 1 is 1.26 bits per heavy atom. The average molecular weight is 385 g/mol. The van der Waals surface area contributed by atoms with Gasteiger partial charge in [0, 0.05) is 18.5 Å². The fourth-order valence-electron chi connectivity index (χ4n) is 1.73. The van der Waals surface area contributed by atoms with E-state index in [-0.39, 0.29) is 28.2 Å². The summed E-state index contributed by atoms with van der Waals surface area (Å²) in [6.45, 7) is 0.199. The molecule has 0 spiro atoms. The van der Waals surface area contributed by atoms with Crippen molar-refractivity contribution >= 4 is 33.0 Å². The lowest BCUT2D eigenvalue weighted by Gasteiger charge is -2.11.